The monoisotopic (exact) mass is 439 g/mol. The summed E-state index contributed by atoms with van der Waals surface area (Å²) in [5, 5.41) is 2.01. The second-order valence-corrected chi connectivity index (χ2v) is 9.57. The van der Waals surface area contributed by atoms with Crippen LogP contribution in [0.1, 0.15) is 24.8 Å². The third-order valence-corrected chi connectivity index (χ3v) is 7.76. The van der Waals surface area contributed by atoms with Gasteiger partial charge in [0.25, 0.3) is 0 Å². The Bertz CT molecular complexity index is 1230. The van der Waals surface area contributed by atoms with Crippen LogP contribution in [0.5, 0.6) is 5.75 Å². The number of carbonyl (C=O) groups excluding carboxylic acids is 3. The number of nitrogens with zero attached hydrogens (tertiary/aromatic N) is 1. The van der Waals surface area contributed by atoms with Crippen molar-refractivity contribution < 1.29 is 19.1 Å². The Hall–Kier alpha value is -3.47. The maximum atomic E-state index is 13.5. The molecule has 0 radical (unpaired) electrons. The van der Waals surface area contributed by atoms with Crippen molar-refractivity contribution in [2.24, 2.45) is 23.7 Å². The molecule has 33 heavy (non-hydrogen) atoms. The molecule has 3 aromatic carbocycles. The van der Waals surface area contributed by atoms with Gasteiger partial charge in [0, 0.05) is 6.42 Å². The molecule has 6 rings (SSSR count). The first-order valence-electron chi connectivity index (χ1n) is 11.7. The van der Waals surface area contributed by atoms with Crippen LogP contribution in [0.2, 0.25) is 0 Å². The van der Waals surface area contributed by atoms with Crippen LogP contribution >= 0.6 is 0 Å². The third kappa shape index (κ3) is 3.34. The fraction of sp³-hybridized carbons (Fsp3) is 0.321. The number of esters is 1. The molecule has 1 aliphatic heterocycles. The van der Waals surface area contributed by atoms with Gasteiger partial charge in [-0.3, -0.25) is 14.5 Å². The second kappa shape index (κ2) is 7.84. The summed E-state index contributed by atoms with van der Waals surface area (Å²) in [6.07, 6.45) is 3.22. The van der Waals surface area contributed by atoms with Crippen LogP contribution in [-0.2, 0) is 20.8 Å². The quantitative estimate of drug-likeness (QED) is 0.336. The molecule has 5 nitrogen and oxygen atoms in total. The van der Waals surface area contributed by atoms with E-state index in [9.17, 15) is 14.4 Å². The number of hydrogen-bond acceptors (Lipinski definition) is 4. The van der Waals surface area contributed by atoms with Crippen molar-refractivity contribution in [2.45, 2.75) is 31.7 Å². The molecule has 1 heterocycles. The van der Waals surface area contributed by atoms with Gasteiger partial charge in [0.1, 0.15) is 11.8 Å². The smallest absolute Gasteiger partial charge is 0.335 e. The predicted octanol–water partition coefficient (Wildman–Crippen LogP) is 4.39. The van der Waals surface area contributed by atoms with Gasteiger partial charge in [-0.15, -0.1) is 0 Å². The summed E-state index contributed by atoms with van der Waals surface area (Å²) in [6, 6.07) is 21.8. The summed E-state index contributed by atoms with van der Waals surface area (Å²) in [5.41, 5.74) is 0.888. The van der Waals surface area contributed by atoms with E-state index in [1.54, 1.807) is 6.07 Å². The number of amides is 2. The van der Waals surface area contributed by atoms with Crippen LogP contribution in [0, 0.1) is 23.7 Å². The zero-order valence-electron chi connectivity index (χ0n) is 18.2. The highest BCUT2D eigenvalue weighted by Gasteiger charge is 2.62. The van der Waals surface area contributed by atoms with E-state index in [4.69, 9.17) is 4.74 Å². The Morgan fingerprint density at radius 2 is 1.48 bits per heavy atom. The van der Waals surface area contributed by atoms with Crippen molar-refractivity contribution in [3.8, 4) is 5.75 Å². The number of likely N-dealkylation sites (tertiary alicyclic amines) is 1. The summed E-state index contributed by atoms with van der Waals surface area (Å²) >= 11 is 0. The lowest BCUT2D eigenvalue weighted by atomic mass is 9.81. The van der Waals surface area contributed by atoms with E-state index in [0.29, 0.717) is 5.75 Å². The van der Waals surface area contributed by atoms with Crippen LogP contribution in [0.4, 0.5) is 0 Å². The standard InChI is InChI=1S/C28H25NO4/c30-26-24-20-10-11-21(15-20)25(24)27(31)29(26)23(14-17-6-2-1-3-7-17)28(32)33-22-13-12-18-8-4-5-9-19(18)16-22/h1-9,12-13,16,20-21,23-25H,10-11,14-15H2. The van der Waals surface area contributed by atoms with Crippen molar-refractivity contribution in [1.82, 2.24) is 4.90 Å². The maximum Gasteiger partial charge on any atom is 0.335 e. The van der Waals surface area contributed by atoms with E-state index in [0.717, 1.165) is 35.6 Å². The molecular weight excluding hydrogens is 414 g/mol. The lowest BCUT2D eigenvalue weighted by Crippen LogP contribution is -2.49. The minimum Gasteiger partial charge on any atom is -0.425 e. The predicted molar refractivity (Wildman–Crippen MR) is 123 cm³/mol. The van der Waals surface area contributed by atoms with E-state index in [1.165, 1.54) is 4.90 Å². The van der Waals surface area contributed by atoms with Gasteiger partial charge in [0.2, 0.25) is 11.8 Å². The summed E-state index contributed by atoms with van der Waals surface area (Å²) < 4.78 is 5.77. The molecular formula is C28H25NO4. The molecule has 5 unspecified atom stereocenters. The van der Waals surface area contributed by atoms with Gasteiger partial charge in [-0.25, -0.2) is 4.79 Å². The first-order chi connectivity index (χ1) is 16.1. The van der Waals surface area contributed by atoms with E-state index in [1.807, 2.05) is 66.7 Å². The van der Waals surface area contributed by atoms with Gasteiger partial charge in [-0.05, 0) is 59.6 Å². The molecule has 2 aliphatic carbocycles. The van der Waals surface area contributed by atoms with Crippen molar-refractivity contribution >= 4 is 28.6 Å². The van der Waals surface area contributed by atoms with Crippen LogP contribution in [0.3, 0.4) is 0 Å². The highest BCUT2D eigenvalue weighted by atomic mass is 16.5. The molecule has 5 heteroatoms. The molecule has 0 N–H and O–H groups in total. The molecule has 2 amide bonds. The van der Waals surface area contributed by atoms with Crippen LogP contribution in [0.25, 0.3) is 10.8 Å². The Kier molecular flexibility index (Phi) is 4.79. The SMILES string of the molecule is O=C(Oc1ccc2ccccc2c1)C(Cc1ccccc1)N1C(=O)C2C3CCC(C3)C2C1=O. The van der Waals surface area contributed by atoms with Gasteiger partial charge >= 0.3 is 5.97 Å². The highest BCUT2D eigenvalue weighted by Crippen LogP contribution is 2.56. The van der Waals surface area contributed by atoms with Crippen LogP contribution < -0.4 is 4.74 Å². The molecule has 0 spiro atoms. The highest BCUT2D eigenvalue weighted by molar-refractivity contribution is 6.08. The minimum atomic E-state index is -0.969. The molecule has 2 bridgehead atoms. The van der Waals surface area contributed by atoms with E-state index in [2.05, 4.69) is 0 Å². The lowest BCUT2D eigenvalue weighted by molar-refractivity contribution is -0.154. The number of benzene rings is 3. The molecule has 2 saturated carbocycles. The van der Waals surface area contributed by atoms with Crippen molar-refractivity contribution in [1.29, 1.82) is 0 Å². The third-order valence-electron chi connectivity index (χ3n) is 7.76. The van der Waals surface area contributed by atoms with Crippen molar-refractivity contribution in [2.75, 3.05) is 0 Å². The molecule has 3 aromatic rings. The van der Waals surface area contributed by atoms with Gasteiger partial charge in [0.05, 0.1) is 11.8 Å². The van der Waals surface area contributed by atoms with Gasteiger partial charge in [-0.1, -0.05) is 60.7 Å². The molecule has 3 aliphatic rings. The van der Waals surface area contributed by atoms with E-state index >= 15 is 0 Å². The Balaban J connectivity index is 1.32. The summed E-state index contributed by atoms with van der Waals surface area (Å²) in [5.74, 6) is -0.502. The van der Waals surface area contributed by atoms with Crippen molar-refractivity contribution in [3.05, 3.63) is 78.4 Å². The first kappa shape index (κ1) is 20.2. The Labute approximate surface area is 192 Å². The van der Waals surface area contributed by atoms with Crippen LogP contribution in [-0.4, -0.2) is 28.7 Å². The first-order valence-corrected chi connectivity index (χ1v) is 11.7. The zero-order chi connectivity index (χ0) is 22.5. The summed E-state index contributed by atoms with van der Waals surface area (Å²) in [4.78, 5) is 41.6. The number of rotatable bonds is 5. The number of imide groups is 1. The molecule has 1 saturated heterocycles. The fourth-order valence-corrected chi connectivity index (χ4v) is 6.27. The molecule has 0 aromatic heterocycles. The topological polar surface area (TPSA) is 63.7 Å². The minimum absolute atomic E-state index is 0.186. The normalized spacial score (nSPS) is 26.6. The van der Waals surface area contributed by atoms with Crippen LogP contribution in [0.15, 0.2) is 72.8 Å². The average molecular weight is 440 g/mol. The van der Waals surface area contributed by atoms with E-state index in [-0.39, 0.29) is 41.9 Å². The lowest BCUT2D eigenvalue weighted by Gasteiger charge is -2.26. The molecule has 3 fully saturated rings. The number of ether oxygens (including phenoxy) is 1. The van der Waals surface area contributed by atoms with Gasteiger partial charge in [-0.2, -0.15) is 0 Å². The van der Waals surface area contributed by atoms with Gasteiger partial charge in [0.15, 0.2) is 0 Å². The zero-order valence-corrected chi connectivity index (χ0v) is 18.2. The van der Waals surface area contributed by atoms with E-state index < -0.39 is 12.0 Å². The molecule has 5 atom stereocenters. The summed E-state index contributed by atoms with van der Waals surface area (Å²) in [6.45, 7) is 0. The largest absolute Gasteiger partial charge is 0.425 e. The number of carbonyl (C=O) groups is 3. The average Bonchev–Trinajstić information content (AvgIpc) is 3.52. The Morgan fingerprint density at radius 1 is 0.848 bits per heavy atom. The Morgan fingerprint density at radius 3 is 2.18 bits per heavy atom. The second-order valence-electron chi connectivity index (χ2n) is 9.57. The summed E-state index contributed by atoms with van der Waals surface area (Å²) in [7, 11) is 0. The maximum absolute atomic E-state index is 13.5. The number of fused-ring (bicyclic) bond motifs is 6. The van der Waals surface area contributed by atoms with Gasteiger partial charge < -0.3 is 4.74 Å². The molecule has 166 valence electrons. The van der Waals surface area contributed by atoms with Crippen molar-refractivity contribution in [3.63, 3.8) is 0 Å². The number of hydrogen-bond donors (Lipinski definition) is 0. The fourth-order valence-electron chi connectivity index (χ4n) is 6.27.